The molecule has 1 aliphatic rings. The third-order valence-electron chi connectivity index (χ3n) is 3.84. The molecular weight excluding hydrogens is 226 g/mol. The SMILES string of the molecule is CC(O)c1nc2cc(N)ccc2n1CC1CCC1. The molecule has 1 aliphatic carbocycles. The summed E-state index contributed by atoms with van der Waals surface area (Å²) in [5.74, 6) is 1.49. The number of nitrogens with zero attached hydrogens (tertiary/aromatic N) is 2. The van der Waals surface area contributed by atoms with E-state index in [1.165, 1.54) is 19.3 Å². The predicted molar refractivity (Wildman–Crippen MR) is 72.1 cm³/mol. The standard InChI is InChI=1S/C14H19N3O/c1-9(18)14-16-12-7-11(15)5-6-13(12)17(14)8-10-3-2-4-10/h5-7,9-10,18H,2-4,8,15H2,1H3. The van der Waals surface area contributed by atoms with Crippen LogP contribution in [-0.4, -0.2) is 14.7 Å². The van der Waals surface area contributed by atoms with Gasteiger partial charge >= 0.3 is 0 Å². The van der Waals surface area contributed by atoms with E-state index in [0.717, 1.165) is 29.3 Å². The van der Waals surface area contributed by atoms with Crippen LogP contribution in [0, 0.1) is 5.92 Å². The van der Waals surface area contributed by atoms with E-state index in [1.54, 1.807) is 6.92 Å². The highest BCUT2D eigenvalue weighted by atomic mass is 16.3. The summed E-state index contributed by atoms with van der Waals surface area (Å²) >= 11 is 0. The Morgan fingerprint density at radius 3 is 2.89 bits per heavy atom. The highest BCUT2D eigenvalue weighted by Gasteiger charge is 2.22. The summed E-state index contributed by atoms with van der Waals surface area (Å²) in [6.07, 6.45) is 3.36. The molecule has 4 nitrogen and oxygen atoms in total. The molecule has 2 aromatic rings. The van der Waals surface area contributed by atoms with E-state index in [2.05, 4.69) is 9.55 Å². The Morgan fingerprint density at radius 2 is 2.28 bits per heavy atom. The maximum Gasteiger partial charge on any atom is 0.138 e. The molecule has 4 heteroatoms. The van der Waals surface area contributed by atoms with E-state index in [-0.39, 0.29) is 0 Å². The van der Waals surface area contributed by atoms with Crippen molar-refractivity contribution in [3.8, 4) is 0 Å². The molecule has 0 amide bonds. The number of aliphatic hydroxyl groups excluding tert-OH is 1. The van der Waals surface area contributed by atoms with Crippen molar-refractivity contribution in [3.05, 3.63) is 24.0 Å². The molecule has 1 heterocycles. The van der Waals surface area contributed by atoms with Gasteiger partial charge in [-0.3, -0.25) is 0 Å². The maximum atomic E-state index is 9.86. The third-order valence-corrected chi connectivity index (χ3v) is 3.84. The second kappa shape index (κ2) is 4.28. The molecule has 1 fully saturated rings. The quantitative estimate of drug-likeness (QED) is 0.816. The number of rotatable bonds is 3. The minimum atomic E-state index is -0.543. The van der Waals surface area contributed by atoms with Gasteiger partial charge in [0.25, 0.3) is 0 Å². The number of aliphatic hydroxyl groups is 1. The van der Waals surface area contributed by atoms with Crippen LogP contribution >= 0.6 is 0 Å². The van der Waals surface area contributed by atoms with Crippen LogP contribution in [0.15, 0.2) is 18.2 Å². The molecule has 0 bridgehead atoms. The van der Waals surface area contributed by atoms with Crippen molar-refractivity contribution in [2.24, 2.45) is 5.92 Å². The zero-order valence-corrected chi connectivity index (χ0v) is 10.6. The lowest BCUT2D eigenvalue weighted by molar-refractivity contribution is 0.178. The number of nitrogen functional groups attached to an aromatic ring is 1. The summed E-state index contributed by atoms with van der Waals surface area (Å²) in [6, 6.07) is 5.77. The van der Waals surface area contributed by atoms with Gasteiger partial charge in [-0.25, -0.2) is 4.98 Å². The van der Waals surface area contributed by atoms with Crippen molar-refractivity contribution in [2.75, 3.05) is 5.73 Å². The van der Waals surface area contributed by atoms with Crippen LogP contribution in [0.1, 0.15) is 38.1 Å². The topological polar surface area (TPSA) is 64.1 Å². The van der Waals surface area contributed by atoms with E-state index >= 15 is 0 Å². The van der Waals surface area contributed by atoms with Gasteiger partial charge in [0.05, 0.1) is 11.0 Å². The van der Waals surface area contributed by atoms with Gasteiger partial charge in [-0.1, -0.05) is 6.42 Å². The van der Waals surface area contributed by atoms with Gasteiger partial charge in [0.2, 0.25) is 0 Å². The predicted octanol–water partition coefficient (Wildman–Crippen LogP) is 2.47. The van der Waals surface area contributed by atoms with Crippen LogP contribution in [0.25, 0.3) is 11.0 Å². The van der Waals surface area contributed by atoms with Crippen molar-refractivity contribution in [1.82, 2.24) is 9.55 Å². The number of fused-ring (bicyclic) bond motifs is 1. The first-order valence-corrected chi connectivity index (χ1v) is 6.59. The maximum absolute atomic E-state index is 9.86. The molecule has 0 aliphatic heterocycles. The second-order valence-electron chi connectivity index (χ2n) is 5.30. The fourth-order valence-electron chi connectivity index (χ4n) is 2.61. The number of hydrogen-bond acceptors (Lipinski definition) is 3. The van der Waals surface area contributed by atoms with E-state index < -0.39 is 6.10 Å². The summed E-state index contributed by atoms with van der Waals surface area (Å²) in [5.41, 5.74) is 8.46. The molecule has 3 rings (SSSR count). The molecule has 18 heavy (non-hydrogen) atoms. The Balaban J connectivity index is 2.08. The number of nitrogens with two attached hydrogens (primary N) is 1. The van der Waals surface area contributed by atoms with Gasteiger partial charge in [0.15, 0.2) is 0 Å². The van der Waals surface area contributed by atoms with Gasteiger partial charge in [-0.15, -0.1) is 0 Å². The molecule has 1 atom stereocenters. The molecule has 0 spiro atoms. The van der Waals surface area contributed by atoms with Crippen LogP contribution in [0.5, 0.6) is 0 Å². The van der Waals surface area contributed by atoms with E-state index in [9.17, 15) is 5.11 Å². The molecule has 0 radical (unpaired) electrons. The first-order chi connectivity index (χ1) is 8.65. The van der Waals surface area contributed by atoms with E-state index in [1.807, 2.05) is 18.2 Å². The van der Waals surface area contributed by atoms with Crippen LogP contribution in [0.4, 0.5) is 5.69 Å². The molecule has 1 saturated carbocycles. The number of hydrogen-bond donors (Lipinski definition) is 2. The van der Waals surface area contributed by atoms with Crippen LogP contribution < -0.4 is 5.73 Å². The molecular formula is C14H19N3O. The molecule has 1 aromatic heterocycles. The second-order valence-corrected chi connectivity index (χ2v) is 5.30. The highest BCUT2D eigenvalue weighted by Crippen LogP contribution is 2.31. The Labute approximate surface area is 106 Å². The molecule has 96 valence electrons. The lowest BCUT2D eigenvalue weighted by atomic mass is 9.85. The number of aromatic nitrogens is 2. The van der Waals surface area contributed by atoms with Gasteiger partial charge in [0, 0.05) is 12.2 Å². The van der Waals surface area contributed by atoms with E-state index in [0.29, 0.717) is 5.69 Å². The number of anilines is 1. The lowest BCUT2D eigenvalue weighted by Gasteiger charge is -2.27. The summed E-state index contributed by atoms with van der Waals surface area (Å²) in [5, 5.41) is 9.86. The fraction of sp³-hybridized carbons (Fsp3) is 0.500. The van der Waals surface area contributed by atoms with Crippen LogP contribution in [0.2, 0.25) is 0 Å². The molecule has 0 saturated heterocycles. The molecule has 3 N–H and O–H groups in total. The first kappa shape index (κ1) is 11.5. The summed E-state index contributed by atoms with van der Waals surface area (Å²) in [4.78, 5) is 4.52. The number of benzene rings is 1. The highest BCUT2D eigenvalue weighted by molar-refractivity contribution is 5.79. The zero-order chi connectivity index (χ0) is 12.7. The normalized spacial score (nSPS) is 17.9. The van der Waals surface area contributed by atoms with Crippen molar-refractivity contribution in [3.63, 3.8) is 0 Å². The fourth-order valence-corrected chi connectivity index (χ4v) is 2.61. The van der Waals surface area contributed by atoms with Crippen LogP contribution in [0.3, 0.4) is 0 Å². The smallest absolute Gasteiger partial charge is 0.138 e. The van der Waals surface area contributed by atoms with Crippen molar-refractivity contribution in [2.45, 2.75) is 38.8 Å². The Kier molecular flexibility index (Phi) is 2.74. The lowest BCUT2D eigenvalue weighted by Crippen LogP contribution is -2.20. The van der Waals surface area contributed by atoms with Gasteiger partial charge in [-0.05, 0) is 43.9 Å². The average Bonchev–Trinajstić information content (AvgIpc) is 2.61. The Hall–Kier alpha value is -1.55. The van der Waals surface area contributed by atoms with Crippen LogP contribution in [-0.2, 0) is 6.54 Å². The first-order valence-electron chi connectivity index (χ1n) is 6.59. The third kappa shape index (κ3) is 1.86. The minimum Gasteiger partial charge on any atom is -0.399 e. The Morgan fingerprint density at radius 1 is 1.50 bits per heavy atom. The monoisotopic (exact) mass is 245 g/mol. The summed E-state index contributed by atoms with van der Waals surface area (Å²) < 4.78 is 2.16. The van der Waals surface area contributed by atoms with Gasteiger partial charge < -0.3 is 15.4 Å². The average molecular weight is 245 g/mol. The van der Waals surface area contributed by atoms with Gasteiger partial charge in [0.1, 0.15) is 11.9 Å². The summed E-state index contributed by atoms with van der Waals surface area (Å²) in [7, 11) is 0. The van der Waals surface area contributed by atoms with Crippen molar-refractivity contribution >= 4 is 16.7 Å². The Bertz CT molecular complexity index is 570. The largest absolute Gasteiger partial charge is 0.399 e. The molecule has 1 unspecified atom stereocenters. The minimum absolute atomic E-state index is 0.543. The van der Waals surface area contributed by atoms with Crippen molar-refractivity contribution in [1.29, 1.82) is 0 Å². The van der Waals surface area contributed by atoms with E-state index in [4.69, 9.17) is 5.73 Å². The van der Waals surface area contributed by atoms with Gasteiger partial charge in [-0.2, -0.15) is 0 Å². The zero-order valence-electron chi connectivity index (χ0n) is 10.6. The molecule has 1 aromatic carbocycles. The summed E-state index contributed by atoms with van der Waals surface area (Å²) in [6.45, 7) is 2.72. The number of imidazole rings is 1. The van der Waals surface area contributed by atoms with Crippen molar-refractivity contribution < 1.29 is 5.11 Å².